The monoisotopic (exact) mass is 304 g/mol. The highest BCUT2D eigenvalue weighted by Gasteiger charge is 2.05. The van der Waals surface area contributed by atoms with Crippen molar-refractivity contribution in [3.63, 3.8) is 0 Å². The lowest BCUT2D eigenvalue weighted by Crippen LogP contribution is -1.96. The van der Waals surface area contributed by atoms with Crippen molar-refractivity contribution < 1.29 is 0 Å². The lowest BCUT2D eigenvalue weighted by atomic mass is 10.1. The number of hydrogen-bond acceptors (Lipinski definition) is 2. The van der Waals surface area contributed by atoms with Crippen LogP contribution in [0.4, 0.5) is 0 Å². The summed E-state index contributed by atoms with van der Waals surface area (Å²) in [6, 6.07) is 15.5. The van der Waals surface area contributed by atoms with E-state index in [9.17, 15) is 0 Å². The minimum atomic E-state index is 0.314. The van der Waals surface area contributed by atoms with Crippen molar-refractivity contribution in [2.24, 2.45) is 10.2 Å². The lowest BCUT2D eigenvalue weighted by molar-refractivity contribution is 1.25. The molecule has 0 radical (unpaired) electrons. The summed E-state index contributed by atoms with van der Waals surface area (Å²) in [6.07, 6.45) is 0. The van der Waals surface area contributed by atoms with Gasteiger partial charge in [-0.05, 0) is 25.5 Å². The van der Waals surface area contributed by atoms with Gasteiger partial charge >= 0.3 is 0 Å². The van der Waals surface area contributed by atoms with Crippen LogP contribution in [0.15, 0.2) is 58.7 Å². The molecule has 0 aliphatic heterocycles. The van der Waals surface area contributed by atoms with Crippen molar-refractivity contribution in [3.05, 3.63) is 70.8 Å². The molecule has 20 heavy (non-hydrogen) atoms. The molecule has 0 aliphatic rings. The summed E-state index contributed by atoms with van der Waals surface area (Å²) >= 11 is 12.3. The molecule has 2 rings (SSSR count). The maximum absolute atomic E-state index is 6.20. The van der Waals surface area contributed by atoms with Crippen molar-refractivity contribution in [1.29, 1.82) is 0 Å². The average molecular weight is 305 g/mol. The zero-order valence-electron chi connectivity index (χ0n) is 11.3. The topological polar surface area (TPSA) is 24.7 Å². The van der Waals surface area contributed by atoms with Gasteiger partial charge in [0.05, 0.1) is 0 Å². The summed E-state index contributed by atoms with van der Waals surface area (Å²) in [7, 11) is 0. The Hall–Kier alpha value is -1.64. The number of aryl methyl sites for hydroxylation is 2. The molecule has 2 nitrogen and oxygen atoms in total. The molecule has 0 aromatic heterocycles. The van der Waals surface area contributed by atoms with Gasteiger partial charge in [0.15, 0.2) is 10.3 Å². The Kier molecular flexibility index (Phi) is 4.94. The van der Waals surface area contributed by atoms with Gasteiger partial charge in [-0.3, -0.25) is 0 Å². The highest BCUT2D eigenvalue weighted by Crippen LogP contribution is 2.15. The summed E-state index contributed by atoms with van der Waals surface area (Å²) in [4.78, 5) is 0. The van der Waals surface area contributed by atoms with Gasteiger partial charge in [0.2, 0.25) is 0 Å². The highest BCUT2D eigenvalue weighted by molar-refractivity contribution is 6.71. The predicted octanol–water partition coefficient (Wildman–Crippen LogP) is 4.89. The van der Waals surface area contributed by atoms with Crippen LogP contribution in [0.2, 0.25) is 0 Å². The van der Waals surface area contributed by atoms with Crippen LogP contribution in [0.3, 0.4) is 0 Å². The van der Waals surface area contributed by atoms with Gasteiger partial charge in [-0.25, -0.2) is 0 Å². The summed E-state index contributed by atoms with van der Waals surface area (Å²) in [5, 5.41) is 8.64. The second kappa shape index (κ2) is 6.69. The molecule has 0 atom stereocenters. The molecular weight excluding hydrogens is 291 g/mol. The maximum atomic E-state index is 6.20. The van der Waals surface area contributed by atoms with Gasteiger partial charge in [0, 0.05) is 11.1 Å². The fourth-order valence-electron chi connectivity index (χ4n) is 1.73. The van der Waals surface area contributed by atoms with E-state index in [1.807, 2.05) is 62.4 Å². The third kappa shape index (κ3) is 3.69. The van der Waals surface area contributed by atoms with Crippen molar-refractivity contribution in [1.82, 2.24) is 0 Å². The van der Waals surface area contributed by atoms with E-state index in [0.29, 0.717) is 10.3 Å². The fourth-order valence-corrected chi connectivity index (χ4v) is 2.14. The van der Waals surface area contributed by atoms with E-state index in [2.05, 4.69) is 10.2 Å². The first-order chi connectivity index (χ1) is 9.58. The Bertz CT molecular complexity index is 661. The summed E-state index contributed by atoms with van der Waals surface area (Å²) in [5.41, 5.74) is 3.85. The highest BCUT2D eigenvalue weighted by atomic mass is 35.5. The fraction of sp³-hybridized carbons (Fsp3) is 0.125. The second-order valence-corrected chi connectivity index (χ2v) is 5.18. The quantitative estimate of drug-likeness (QED) is 0.570. The molecular formula is C16H14Cl2N2. The SMILES string of the molecule is Cc1ccc(C)c(/C(Cl)=N/N=C(\Cl)c2ccccc2)c1. The third-order valence-electron chi connectivity index (χ3n) is 2.85. The van der Waals surface area contributed by atoms with Crippen LogP contribution in [0.5, 0.6) is 0 Å². The summed E-state index contributed by atoms with van der Waals surface area (Å²) in [5.74, 6) is 0. The first-order valence-electron chi connectivity index (χ1n) is 6.17. The van der Waals surface area contributed by atoms with Crippen LogP contribution < -0.4 is 0 Å². The lowest BCUT2D eigenvalue weighted by Gasteiger charge is -2.03. The Balaban J connectivity index is 2.29. The number of nitrogens with zero attached hydrogens (tertiary/aromatic N) is 2. The van der Waals surface area contributed by atoms with E-state index in [-0.39, 0.29) is 0 Å². The van der Waals surface area contributed by atoms with Crippen molar-refractivity contribution in [2.45, 2.75) is 13.8 Å². The number of benzene rings is 2. The third-order valence-corrected chi connectivity index (χ3v) is 3.43. The van der Waals surface area contributed by atoms with Gasteiger partial charge in [0.25, 0.3) is 0 Å². The van der Waals surface area contributed by atoms with E-state index >= 15 is 0 Å². The first kappa shape index (κ1) is 14.8. The summed E-state index contributed by atoms with van der Waals surface area (Å²) < 4.78 is 0. The first-order valence-corrected chi connectivity index (χ1v) is 6.93. The van der Waals surface area contributed by atoms with Crippen LogP contribution in [-0.2, 0) is 0 Å². The Morgan fingerprint density at radius 2 is 1.50 bits per heavy atom. The molecule has 0 aliphatic carbocycles. The molecule has 0 saturated carbocycles. The van der Waals surface area contributed by atoms with Crippen LogP contribution in [-0.4, -0.2) is 10.3 Å². The average Bonchev–Trinajstić information content (AvgIpc) is 2.47. The zero-order chi connectivity index (χ0) is 14.5. The number of rotatable bonds is 3. The van der Waals surface area contributed by atoms with Crippen molar-refractivity contribution in [3.8, 4) is 0 Å². The molecule has 0 fully saturated rings. The molecule has 2 aromatic rings. The van der Waals surface area contributed by atoms with Gasteiger partial charge in [-0.1, -0.05) is 71.2 Å². The number of hydrogen-bond donors (Lipinski definition) is 0. The standard InChI is InChI=1S/C16H14Cl2N2/c1-11-8-9-12(2)14(10-11)16(18)20-19-15(17)13-6-4-3-5-7-13/h3-10H,1-2H3/b19-15-,20-16-. The van der Waals surface area contributed by atoms with Crippen LogP contribution in [0, 0.1) is 13.8 Å². The Morgan fingerprint density at radius 1 is 0.850 bits per heavy atom. The molecule has 102 valence electrons. The van der Waals surface area contributed by atoms with E-state index in [1.54, 1.807) is 0 Å². The smallest absolute Gasteiger partial charge is 0.136 e. The van der Waals surface area contributed by atoms with Crippen molar-refractivity contribution in [2.75, 3.05) is 0 Å². The van der Waals surface area contributed by atoms with Gasteiger partial charge in [-0.2, -0.15) is 0 Å². The van der Waals surface area contributed by atoms with E-state index in [4.69, 9.17) is 23.2 Å². The van der Waals surface area contributed by atoms with Gasteiger partial charge < -0.3 is 0 Å². The minimum absolute atomic E-state index is 0.314. The Morgan fingerprint density at radius 3 is 2.20 bits per heavy atom. The normalized spacial score (nSPS) is 12.6. The Labute approximate surface area is 128 Å². The predicted molar refractivity (Wildman–Crippen MR) is 87.1 cm³/mol. The minimum Gasteiger partial charge on any atom is -0.136 e. The molecule has 4 heteroatoms. The summed E-state index contributed by atoms with van der Waals surface area (Å²) in [6.45, 7) is 3.99. The van der Waals surface area contributed by atoms with Gasteiger partial charge in [0.1, 0.15) is 0 Å². The van der Waals surface area contributed by atoms with E-state index < -0.39 is 0 Å². The zero-order valence-corrected chi connectivity index (χ0v) is 12.8. The molecule has 0 bridgehead atoms. The second-order valence-electron chi connectivity index (χ2n) is 4.47. The largest absolute Gasteiger partial charge is 0.159 e. The van der Waals surface area contributed by atoms with Gasteiger partial charge in [-0.15, -0.1) is 10.2 Å². The molecule has 0 unspecified atom stereocenters. The molecule has 0 saturated heterocycles. The van der Waals surface area contributed by atoms with Crippen LogP contribution in [0.25, 0.3) is 0 Å². The van der Waals surface area contributed by atoms with Crippen LogP contribution in [0.1, 0.15) is 22.3 Å². The van der Waals surface area contributed by atoms with Crippen molar-refractivity contribution >= 4 is 33.5 Å². The van der Waals surface area contributed by atoms with E-state index in [1.165, 1.54) is 0 Å². The molecule has 0 spiro atoms. The van der Waals surface area contributed by atoms with Crippen LogP contribution >= 0.6 is 23.2 Å². The molecule has 2 aromatic carbocycles. The molecule has 0 heterocycles. The maximum Gasteiger partial charge on any atom is 0.159 e. The molecule has 0 amide bonds. The molecule has 0 N–H and O–H groups in total. The van der Waals surface area contributed by atoms with E-state index in [0.717, 1.165) is 22.3 Å². The number of halogens is 2.